The summed E-state index contributed by atoms with van der Waals surface area (Å²) < 4.78 is 0. The minimum Gasteiger partial charge on any atom is -0.310 e. The molecule has 0 saturated carbocycles. The molecule has 10 rings (SSSR count). The van der Waals surface area contributed by atoms with Crippen LogP contribution >= 0.6 is 0 Å². The molecule has 0 aliphatic carbocycles. The maximum atomic E-state index is 2.33. The Labute approximate surface area is 327 Å². The van der Waals surface area contributed by atoms with Gasteiger partial charge in [0.25, 0.3) is 0 Å². The van der Waals surface area contributed by atoms with Gasteiger partial charge in [0, 0.05) is 34.1 Å². The van der Waals surface area contributed by atoms with Crippen molar-refractivity contribution in [3.05, 3.63) is 231 Å². The van der Waals surface area contributed by atoms with E-state index in [9.17, 15) is 0 Å². The lowest BCUT2D eigenvalue weighted by molar-refractivity contribution is 1.29. The number of hydrogen-bond acceptors (Lipinski definition) is 2. The van der Waals surface area contributed by atoms with Crippen LogP contribution in [-0.4, -0.2) is 0 Å². The van der Waals surface area contributed by atoms with E-state index >= 15 is 0 Å². The molecule has 0 unspecified atom stereocenters. The topological polar surface area (TPSA) is 6.48 Å². The molecule has 264 valence electrons. The van der Waals surface area contributed by atoms with E-state index in [1.165, 1.54) is 54.6 Å². The second-order valence-electron chi connectivity index (χ2n) is 14.2. The van der Waals surface area contributed by atoms with Crippen LogP contribution in [0.2, 0.25) is 0 Å². The summed E-state index contributed by atoms with van der Waals surface area (Å²) in [6.07, 6.45) is 0. The van der Waals surface area contributed by atoms with E-state index in [4.69, 9.17) is 0 Å². The Bertz CT molecular complexity index is 2670. The van der Waals surface area contributed by atoms with Gasteiger partial charge in [-0.3, -0.25) is 0 Å². The van der Waals surface area contributed by atoms with Gasteiger partial charge in [-0.15, -0.1) is 0 Å². The Morgan fingerprint density at radius 3 is 0.893 bits per heavy atom. The van der Waals surface area contributed by atoms with Crippen molar-refractivity contribution in [2.45, 2.75) is 0 Å². The van der Waals surface area contributed by atoms with Crippen LogP contribution in [0.25, 0.3) is 54.6 Å². The standard InChI is InChI=1S/C54H38N2/c1-5-15-45(16-6-1)55(46-17-7-2-8-18-46)49-33-31-39-35-43(29-27-41(39)37-49)51-23-13-26-54-52(24-14-25-53(51)54)44-30-28-42-38-50(34-32-40(42)36-44)56(47-19-9-3-10-20-47)48-21-11-4-12-22-48/h1-38H. The first-order valence-electron chi connectivity index (χ1n) is 19.2. The van der Waals surface area contributed by atoms with Gasteiger partial charge in [-0.1, -0.05) is 146 Å². The monoisotopic (exact) mass is 714 g/mol. The van der Waals surface area contributed by atoms with E-state index < -0.39 is 0 Å². The minimum absolute atomic E-state index is 1.13. The van der Waals surface area contributed by atoms with Crippen LogP contribution in [0.5, 0.6) is 0 Å². The maximum Gasteiger partial charge on any atom is 0.0468 e. The normalized spacial score (nSPS) is 11.2. The van der Waals surface area contributed by atoms with E-state index in [-0.39, 0.29) is 0 Å². The SMILES string of the molecule is c1ccc(N(c2ccccc2)c2ccc3cc(-c4cccc5c(-c6ccc7cc(N(c8ccccc8)c8ccccc8)ccc7c6)cccc45)ccc3c2)cc1. The number of para-hydroxylation sites is 4. The second kappa shape index (κ2) is 14.4. The van der Waals surface area contributed by atoms with E-state index in [1.54, 1.807) is 0 Å². The summed E-state index contributed by atoms with van der Waals surface area (Å²) in [5.74, 6) is 0. The highest BCUT2D eigenvalue weighted by atomic mass is 15.1. The van der Waals surface area contributed by atoms with E-state index in [1.807, 2.05) is 0 Å². The van der Waals surface area contributed by atoms with Crippen LogP contribution in [0.1, 0.15) is 0 Å². The molecule has 0 spiro atoms. The molecule has 0 fully saturated rings. The first kappa shape index (κ1) is 33.2. The fourth-order valence-electron chi connectivity index (χ4n) is 8.10. The fourth-order valence-corrected chi connectivity index (χ4v) is 8.10. The lowest BCUT2D eigenvalue weighted by Crippen LogP contribution is -2.09. The van der Waals surface area contributed by atoms with Crippen LogP contribution in [0.15, 0.2) is 231 Å². The molecule has 0 amide bonds. The van der Waals surface area contributed by atoms with Crippen molar-refractivity contribution in [2.75, 3.05) is 9.80 Å². The zero-order valence-electron chi connectivity index (χ0n) is 30.8. The fraction of sp³-hybridized carbons (Fsp3) is 0. The van der Waals surface area contributed by atoms with Crippen LogP contribution < -0.4 is 9.80 Å². The van der Waals surface area contributed by atoms with E-state index in [0.29, 0.717) is 0 Å². The molecule has 10 aromatic rings. The molecule has 56 heavy (non-hydrogen) atoms. The molecular formula is C54H38N2. The average molecular weight is 715 g/mol. The van der Waals surface area contributed by atoms with Crippen LogP contribution in [0.4, 0.5) is 34.1 Å². The molecule has 0 aromatic heterocycles. The lowest BCUT2D eigenvalue weighted by atomic mass is 9.91. The number of nitrogens with zero attached hydrogens (tertiary/aromatic N) is 2. The van der Waals surface area contributed by atoms with Gasteiger partial charge in [-0.25, -0.2) is 0 Å². The number of hydrogen-bond donors (Lipinski definition) is 0. The minimum atomic E-state index is 1.13. The maximum absolute atomic E-state index is 2.33. The second-order valence-corrected chi connectivity index (χ2v) is 14.2. The van der Waals surface area contributed by atoms with Crippen molar-refractivity contribution in [1.29, 1.82) is 0 Å². The molecule has 0 bridgehead atoms. The van der Waals surface area contributed by atoms with Crippen molar-refractivity contribution in [2.24, 2.45) is 0 Å². The molecule has 0 atom stereocenters. The van der Waals surface area contributed by atoms with Crippen LogP contribution in [0.3, 0.4) is 0 Å². The predicted molar refractivity (Wildman–Crippen MR) is 239 cm³/mol. The third kappa shape index (κ3) is 6.24. The van der Waals surface area contributed by atoms with Gasteiger partial charge in [0.15, 0.2) is 0 Å². The lowest BCUT2D eigenvalue weighted by Gasteiger charge is -2.25. The Hall–Kier alpha value is -7.42. The number of benzene rings is 10. The van der Waals surface area contributed by atoms with Gasteiger partial charge in [-0.05, 0) is 140 Å². The number of fused-ring (bicyclic) bond motifs is 3. The van der Waals surface area contributed by atoms with Gasteiger partial charge in [0.1, 0.15) is 0 Å². The summed E-state index contributed by atoms with van der Waals surface area (Å²) in [7, 11) is 0. The highest BCUT2D eigenvalue weighted by Crippen LogP contribution is 2.40. The molecule has 10 aromatic carbocycles. The summed E-state index contributed by atoms with van der Waals surface area (Å²) in [6, 6.07) is 83.0. The summed E-state index contributed by atoms with van der Waals surface area (Å²) in [4.78, 5) is 4.63. The summed E-state index contributed by atoms with van der Waals surface area (Å²) in [5.41, 5.74) is 11.7. The number of rotatable bonds is 8. The summed E-state index contributed by atoms with van der Waals surface area (Å²) in [5, 5.41) is 7.34. The van der Waals surface area contributed by atoms with Gasteiger partial charge in [-0.2, -0.15) is 0 Å². The van der Waals surface area contributed by atoms with Crippen molar-refractivity contribution in [3.63, 3.8) is 0 Å². The first-order valence-corrected chi connectivity index (χ1v) is 19.2. The van der Waals surface area contributed by atoms with Gasteiger partial charge in [0.05, 0.1) is 0 Å². The number of anilines is 6. The first-order chi connectivity index (χ1) is 27.8. The quantitative estimate of drug-likeness (QED) is 0.155. The molecule has 0 heterocycles. The van der Waals surface area contributed by atoms with E-state index in [2.05, 4.69) is 240 Å². The van der Waals surface area contributed by atoms with Gasteiger partial charge in [0.2, 0.25) is 0 Å². The van der Waals surface area contributed by atoms with Crippen molar-refractivity contribution >= 4 is 66.4 Å². The van der Waals surface area contributed by atoms with Crippen molar-refractivity contribution in [3.8, 4) is 22.3 Å². The third-order valence-corrected chi connectivity index (χ3v) is 10.8. The Kier molecular flexibility index (Phi) is 8.55. The smallest absolute Gasteiger partial charge is 0.0468 e. The Morgan fingerprint density at radius 2 is 0.536 bits per heavy atom. The summed E-state index contributed by atoms with van der Waals surface area (Å²) in [6.45, 7) is 0. The molecule has 0 radical (unpaired) electrons. The van der Waals surface area contributed by atoms with Gasteiger partial charge >= 0.3 is 0 Å². The average Bonchev–Trinajstić information content (AvgIpc) is 3.27. The molecule has 0 saturated heterocycles. The largest absolute Gasteiger partial charge is 0.310 e. The Morgan fingerprint density at radius 1 is 0.214 bits per heavy atom. The zero-order chi connectivity index (χ0) is 37.3. The highest BCUT2D eigenvalue weighted by Gasteiger charge is 2.15. The molecular weight excluding hydrogens is 677 g/mol. The highest BCUT2D eigenvalue weighted by molar-refractivity contribution is 6.06. The van der Waals surface area contributed by atoms with Gasteiger partial charge < -0.3 is 9.80 Å². The predicted octanol–water partition coefficient (Wildman–Crippen LogP) is 15.4. The molecule has 2 nitrogen and oxygen atoms in total. The summed E-state index contributed by atoms with van der Waals surface area (Å²) >= 11 is 0. The third-order valence-electron chi connectivity index (χ3n) is 10.8. The Balaban J connectivity index is 0.996. The van der Waals surface area contributed by atoms with Crippen LogP contribution in [-0.2, 0) is 0 Å². The van der Waals surface area contributed by atoms with E-state index in [0.717, 1.165) is 34.1 Å². The molecule has 0 aliphatic rings. The van der Waals surface area contributed by atoms with Crippen molar-refractivity contribution in [1.82, 2.24) is 0 Å². The molecule has 2 heteroatoms. The molecule has 0 N–H and O–H groups in total. The van der Waals surface area contributed by atoms with Crippen LogP contribution in [0, 0.1) is 0 Å². The molecule has 0 aliphatic heterocycles. The zero-order valence-corrected chi connectivity index (χ0v) is 30.8. The van der Waals surface area contributed by atoms with Crippen molar-refractivity contribution < 1.29 is 0 Å².